The van der Waals surface area contributed by atoms with E-state index in [9.17, 15) is 4.79 Å². The summed E-state index contributed by atoms with van der Waals surface area (Å²) in [4.78, 5) is 13.8. The summed E-state index contributed by atoms with van der Waals surface area (Å²) in [6, 6.07) is 7.38. The highest BCUT2D eigenvalue weighted by atomic mass is 35.5. The van der Waals surface area contributed by atoms with Crippen LogP contribution in [-0.2, 0) is 4.79 Å². The normalized spacial score (nSPS) is 19.4. The van der Waals surface area contributed by atoms with Gasteiger partial charge >= 0.3 is 0 Å². The van der Waals surface area contributed by atoms with Crippen LogP contribution in [0, 0.1) is 0 Å². The van der Waals surface area contributed by atoms with Gasteiger partial charge in [0.1, 0.15) is 5.75 Å². The van der Waals surface area contributed by atoms with Gasteiger partial charge in [-0.1, -0.05) is 11.6 Å². The highest BCUT2D eigenvalue weighted by molar-refractivity contribution is 6.30. The highest BCUT2D eigenvalue weighted by Crippen LogP contribution is 2.18. The summed E-state index contributed by atoms with van der Waals surface area (Å²) in [5.41, 5.74) is 0. The third kappa shape index (κ3) is 3.13. The first kappa shape index (κ1) is 12.2. The van der Waals surface area contributed by atoms with Crippen molar-refractivity contribution in [3.63, 3.8) is 0 Å². The van der Waals surface area contributed by atoms with Crippen LogP contribution in [0.2, 0.25) is 5.02 Å². The average Bonchev–Trinajstić information content (AvgIpc) is 2.74. The highest BCUT2D eigenvalue weighted by Gasteiger charge is 2.24. The van der Waals surface area contributed by atoms with Crippen LogP contribution >= 0.6 is 11.6 Å². The number of halogens is 1. The summed E-state index contributed by atoms with van der Waals surface area (Å²) in [6.07, 6.45) is 2.18. The summed E-state index contributed by atoms with van der Waals surface area (Å²) in [7, 11) is 0. The molecule has 1 amide bonds. The summed E-state index contributed by atoms with van der Waals surface area (Å²) >= 11 is 5.77. The molecule has 1 aliphatic rings. The largest absolute Gasteiger partial charge is 0.484 e. The molecule has 0 N–H and O–H groups in total. The molecule has 1 aliphatic heterocycles. The molecule has 0 radical (unpaired) electrons. The molecule has 4 heteroatoms. The lowest BCUT2D eigenvalue weighted by atomic mass is 10.2. The van der Waals surface area contributed by atoms with Crippen molar-refractivity contribution in [2.75, 3.05) is 13.2 Å². The minimum absolute atomic E-state index is 0.0601. The third-order valence-corrected chi connectivity index (χ3v) is 3.30. The van der Waals surface area contributed by atoms with Crippen molar-refractivity contribution in [1.82, 2.24) is 4.90 Å². The Labute approximate surface area is 106 Å². The number of nitrogens with zero attached hydrogens (tertiary/aromatic N) is 1. The zero-order valence-electron chi connectivity index (χ0n) is 9.86. The molecule has 0 aliphatic carbocycles. The lowest BCUT2D eigenvalue weighted by molar-refractivity contribution is -0.133. The number of carbonyl (C=O) groups is 1. The smallest absolute Gasteiger partial charge is 0.260 e. The summed E-state index contributed by atoms with van der Waals surface area (Å²) in [5, 5.41) is 0.664. The van der Waals surface area contributed by atoms with Crippen molar-refractivity contribution in [3.8, 4) is 5.75 Å². The molecule has 2 rings (SSSR count). The molecule has 1 aromatic carbocycles. The van der Waals surface area contributed by atoms with Crippen LogP contribution in [-0.4, -0.2) is 30.0 Å². The van der Waals surface area contributed by atoms with Crippen molar-refractivity contribution in [2.45, 2.75) is 25.8 Å². The fraction of sp³-hybridized carbons (Fsp3) is 0.462. The lowest BCUT2D eigenvalue weighted by Gasteiger charge is -2.21. The maximum atomic E-state index is 11.9. The number of likely N-dealkylation sites (tertiary alicyclic amines) is 1. The monoisotopic (exact) mass is 253 g/mol. The van der Waals surface area contributed by atoms with Gasteiger partial charge in [0.2, 0.25) is 0 Å². The van der Waals surface area contributed by atoms with E-state index in [2.05, 4.69) is 6.92 Å². The maximum absolute atomic E-state index is 11.9. The van der Waals surface area contributed by atoms with Crippen LogP contribution in [0.5, 0.6) is 5.75 Å². The molecular weight excluding hydrogens is 238 g/mol. The molecule has 17 heavy (non-hydrogen) atoms. The van der Waals surface area contributed by atoms with Gasteiger partial charge in [-0.05, 0) is 44.0 Å². The van der Waals surface area contributed by atoms with E-state index in [0.717, 1.165) is 19.4 Å². The Morgan fingerprint density at radius 1 is 1.47 bits per heavy atom. The Balaban J connectivity index is 1.85. The minimum Gasteiger partial charge on any atom is -0.484 e. The topological polar surface area (TPSA) is 29.5 Å². The molecule has 92 valence electrons. The molecule has 0 saturated carbocycles. The zero-order chi connectivity index (χ0) is 12.3. The molecule has 0 aromatic heterocycles. The van der Waals surface area contributed by atoms with Gasteiger partial charge in [-0.25, -0.2) is 0 Å². The number of benzene rings is 1. The maximum Gasteiger partial charge on any atom is 0.260 e. The minimum atomic E-state index is 0.0601. The molecule has 3 nitrogen and oxygen atoms in total. The van der Waals surface area contributed by atoms with Gasteiger partial charge in [0, 0.05) is 17.6 Å². The van der Waals surface area contributed by atoms with E-state index in [4.69, 9.17) is 16.3 Å². The van der Waals surface area contributed by atoms with Crippen molar-refractivity contribution in [1.29, 1.82) is 0 Å². The fourth-order valence-corrected chi connectivity index (χ4v) is 2.19. The first-order valence-electron chi connectivity index (χ1n) is 5.84. The molecule has 1 unspecified atom stereocenters. The number of amides is 1. The molecule has 1 saturated heterocycles. The molecular formula is C13H16ClNO2. The SMILES string of the molecule is CC1CCCN1C(=O)COc1ccc(Cl)cc1. The van der Waals surface area contributed by atoms with Crippen LogP contribution in [0.4, 0.5) is 0 Å². The summed E-state index contributed by atoms with van der Waals surface area (Å²) < 4.78 is 5.43. The predicted molar refractivity (Wildman–Crippen MR) is 67.4 cm³/mol. The fourth-order valence-electron chi connectivity index (χ4n) is 2.06. The Hall–Kier alpha value is -1.22. The molecule has 1 aromatic rings. The van der Waals surface area contributed by atoms with Crippen LogP contribution in [0.15, 0.2) is 24.3 Å². The van der Waals surface area contributed by atoms with Crippen LogP contribution < -0.4 is 4.74 Å². The first-order valence-corrected chi connectivity index (χ1v) is 6.22. The summed E-state index contributed by atoms with van der Waals surface area (Å²) in [6.45, 7) is 3.03. The predicted octanol–water partition coefficient (Wildman–Crippen LogP) is 2.73. The lowest BCUT2D eigenvalue weighted by Crippen LogP contribution is -2.37. The Morgan fingerprint density at radius 3 is 2.76 bits per heavy atom. The molecule has 0 bridgehead atoms. The second-order valence-corrected chi connectivity index (χ2v) is 4.76. The van der Waals surface area contributed by atoms with E-state index >= 15 is 0 Å². The van der Waals surface area contributed by atoms with E-state index in [1.165, 1.54) is 0 Å². The van der Waals surface area contributed by atoms with Crippen molar-refractivity contribution in [3.05, 3.63) is 29.3 Å². The number of hydrogen-bond acceptors (Lipinski definition) is 2. The third-order valence-electron chi connectivity index (χ3n) is 3.05. The number of rotatable bonds is 3. The number of carbonyl (C=O) groups excluding carboxylic acids is 1. The Morgan fingerprint density at radius 2 is 2.18 bits per heavy atom. The Bertz CT molecular complexity index is 391. The van der Waals surface area contributed by atoms with Gasteiger partial charge in [0.25, 0.3) is 5.91 Å². The second-order valence-electron chi connectivity index (χ2n) is 4.32. The van der Waals surface area contributed by atoms with Crippen LogP contribution in [0.1, 0.15) is 19.8 Å². The van der Waals surface area contributed by atoms with Gasteiger partial charge in [0.15, 0.2) is 6.61 Å². The van der Waals surface area contributed by atoms with Gasteiger partial charge in [-0.2, -0.15) is 0 Å². The standard InChI is InChI=1S/C13H16ClNO2/c1-10-3-2-8-15(10)13(16)9-17-12-6-4-11(14)5-7-12/h4-7,10H,2-3,8-9H2,1H3. The Kier molecular flexibility index (Phi) is 3.89. The number of hydrogen-bond donors (Lipinski definition) is 0. The van der Waals surface area contributed by atoms with E-state index in [0.29, 0.717) is 16.8 Å². The second kappa shape index (κ2) is 5.41. The van der Waals surface area contributed by atoms with E-state index in [1.54, 1.807) is 24.3 Å². The molecule has 1 fully saturated rings. The van der Waals surface area contributed by atoms with Crippen molar-refractivity contribution >= 4 is 17.5 Å². The van der Waals surface area contributed by atoms with Gasteiger partial charge in [-0.3, -0.25) is 4.79 Å². The van der Waals surface area contributed by atoms with E-state index in [1.807, 2.05) is 4.90 Å². The van der Waals surface area contributed by atoms with Gasteiger partial charge in [-0.15, -0.1) is 0 Å². The number of ether oxygens (including phenoxy) is 1. The van der Waals surface area contributed by atoms with E-state index < -0.39 is 0 Å². The van der Waals surface area contributed by atoms with Gasteiger partial charge in [0.05, 0.1) is 0 Å². The summed E-state index contributed by atoms with van der Waals surface area (Å²) in [5.74, 6) is 0.736. The van der Waals surface area contributed by atoms with Crippen LogP contribution in [0.25, 0.3) is 0 Å². The molecule has 1 atom stereocenters. The van der Waals surface area contributed by atoms with Crippen molar-refractivity contribution < 1.29 is 9.53 Å². The zero-order valence-corrected chi connectivity index (χ0v) is 10.6. The quantitative estimate of drug-likeness (QED) is 0.829. The molecule has 0 spiro atoms. The van der Waals surface area contributed by atoms with Crippen LogP contribution in [0.3, 0.4) is 0 Å². The first-order chi connectivity index (χ1) is 8.16. The average molecular weight is 254 g/mol. The van der Waals surface area contributed by atoms with Gasteiger partial charge < -0.3 is 9.64 Å². The van der Waals surface area contributed by atoms with Crippen molar-refractivity contribution in [2.24, 2.45) is 0 Å². The molecule has 1 heterocycles. The van der Waals surface area contributed by atoms with E-state index in [-0.39, 0.29) is 12.5 Å².